The van der Waals surface area contributed by atoms with Crippen LogP contribution in [0.3, 0.4) is 0 Å². The van der Waals surface area contributed by atoms with E-state index in [4.69, 9.17) is 16.0 Å². The lowest BCUT2D eigenvalue weighted by molar-refractivity contribution is 0.534. The van der Waals surface area contributed by atoms with Gasteiger partial charge in [-0.2, -0.15) is 5.26 Å². The molecule has 3 heterocycles. The molecule has 0 bridgehead atoms. The number of allylic oxidation sites excluding steroid dienone is 1. The standard InChI is InChI=1S/C20H14ClN5OS/c1-3-7-26-19(15-6-8-27-12(15)2)24-25-20(26)28-18-9-13(11-22)16-10-14(21)4-5-17(16)23-18/h3-6,8-10H,1,7H2,2H3. The van der Waals surface area contributed by atoms with Gasteiger partial charge in [0.1, 0.15) is 10.8 Å². The van der Waals surface area contributed by atoms with Crippen LogP contribution in [-0.4, -0.2) is 19.7 Å². The van der Waals surface area contributed by atoms with Crippen LogP contribution in [0.2, 0.25) is 5.02 Å². The molecule has 0 aliphatic rings. The van der Waals surface area contributed by atoms with E-state index >= 15 is 0 Å². The van der Waals surface area contributed by atoms with E-state index in [2.05, 4.69) is 27.8 Å². The quantitative estimate of drug-likeness (QED) is 0.420. The van der Waals surface area contributed by atoms with Crippen molar-refractivity contribution in [3.8, 4) is 17.5 Å². The second-order valence-corrected chi connectivity index (χ2v) is 7.40. The van der Waals surface area contributed by atoms with Gasteiger partial charge in [-0.3, -0.25) is 4.57 Å². The summed E-state index contributed by atoms with van der Waals surface area (Å²) in [6.07, 6.45) is 3.41. The number of benzene rings is 1. The molecule has 0 unspecified atom stereocenters. The molecule has 0 amide bonds. The minimum absolute atomic E-state index is 0.510. The Labute approximate surface area is 170 Å². The van der Waals surface area contributed by atoms with E-state index in [1.807, 2.05) is 17.6 Å². The SMILES string of the molecule is C=CCn1c(Sc2cc(C#N)c3cc(Cl)ccc3n2)nnc1-c1ccoc1C. The maximum absolute atomic E-state index is 9.53. The van der Waals surface area contributed by atoms with Gasteiger partial charge in [0.25, 0.3) is 0 Å². The van der Waals surface area contributed by atoms with Crippen LogP contribution in [0.5, 0.6) is 0 Å². The molecular formula is C20H14ClN5OS. The molecule has 8 heteroatoms. The van der Waals surface area contributed by atoms with E-state index in [9.17, 15) is 5.26 Å². The number of aromatic nitrogens is 4. The van der Waals surface area contributed by atoms with E-state index in [0.29, 0.717) is 38.7 Å². The zero-order chi connectivity index (χ0) is 19.7. The first kappa shape index (κ1) is 18.3. The fourth-order valence-electron chi connectivity index (χ4n) is 2.89. The molecule has 0 N–H and O–H groups in total. The Hall–Kier alpha value is -3.08. The number of hydrogen-bond acceptors (Lipinski definition) is 6. The molecule has 0 fully saturated rings. The average molecular weight is 408 g/mol. The second-order valence-electron chi connectivity index (χ2n) is 5.98. The molecule has 0 radical (unpaired) electrons. The summed E-state index contributed by atoms with van der Waals surface area (Å²) < 4.78 is 7.33. The lowest BCUT2D eigenvalue weighted by Crippen LogP contribution is -2.01. The summed E-state index contributed by atoms with van der Waals surface area (Å²) in [4.78, 5) is 4.64. The van der Waals surface area contributed by atoms with Gasteiger partial charge in [-0.1, -0.05) is 17.7 Å². The van der Waals surface area contributed by atoms with Gasteiger partial charge in [0.15, 0.2) is 11.0 Å². The number of halogens is 1. The molecule has 0 atom stereocenters. The summed E-state index contributed by atoms with van der Waals surface area (Å²) in [6.45, 7) is 6.24. The van der Waals surface area contributed by atoms with Crippen LogP contribution in [0, 0.1) is 18.3 Å². The molecule has 0 saturated heterocycles. The molecule has 1 aromatic carbocycles. The van der Waals surface area contributed by atoms with Gasteiger partial charge in [-0.05, 0) is 49.0 Å². The van der Waals surface area contributed by atoms with Crippen LogP contribution in [0.15, 0.2) is 63.8 Å². The Morgan fingerprint density at radius 2 is 2.18 bits per heavy atom. The van der Waals surface area contributed by atoms with Crippen molar-refractivity contribution in [2.45, 2.75) is 23.7 Å². The summed E-state index contributed by atoms with van der Waals surface area (Å²) in [7, 11) is 0. The highest BCUT2D eigenvalue weighted by molar-refractivity contribution is 7.99. The zero-order valence-corrected chi connectivity index (χ0v) is 16.5. The van der Waals surface area contributed by atoms with Gasteiger partial charge < -0.3 is 4.42 Å². The van der Waals surface area contributed by atoms with Crippen molar-refractivity contribution in [2.24, 2.45) is 0 Å². The fraction of sp³-hybridized carbons (Fsp3) is 0.100. The molecule has 28 heavy (non-hydrogen) atoms. The van der Waals surface area contributed by atoms with Crippen molar-refractivity contribution in [3.05, 3.63) is 65.6 Å². The smallest absolute Gasteiger partial charge is 0.198 e. The molecule has 6 nitrogen and oxygen atoms in total. The minimum atomic E-state index is 0.510. The van der Waals surface area contributed by atoms with E-state index in [1.165, 1.54) is 11.8 Å². The molecule has 4 rings (SSSR count). The third kappa shape index (κ3) is 3.28. The number of fused-ring (bicyclic) bond motifs is 1. The number of furan rings is 1. The van der Waals surface area contributed by atoms with Gasteiger partial charge in [-0.15, -0.1) is 16.8 Å². The average Bonchev–Trinajstić information content (AvgIpc) is 3.28. The molecule has 138 valence electrons. The van der Waals surface area contributed by atoms with E-state index in [-0.39, 0.29) is 0 Å². The maximum atomic E-state index is 9.53. The van der Waals surface area contributed by atoms with Crippen LogP contribution >= 0.6 is 23.4 Å². The normalized spacial score (nSPS) is 10.9. The number of hydrogen-bond donors (Lipinski definition) is 0. The van der Waals surface area contributed by atoms with Crippen molar-refractivity contribution in [3.63, 3.8) is 0 Å². The molecule has 0 saturated carbocycles. The lowest BCUT2D eigenvalue weighted by atomic mass is 10.1. The van der Waals surface area contributed by atoms with Crippen LogP contribution in [0.1, 0.15) is 11.3 Å². The maximum Gasteiger partial charge on any atom is 0.198 e. The topological polar surface area (TPSA) is 80.5 Å². The van der Waals surface area contributed by atoms with Crippen LogP contribution in [0.4, 0.5) is 0 Å². The summed E-state index contributed by atoms with van der Waals surface area (Å²) >= 11 is 7.40. The first-order valence-electron chi connectivity index (χ1n) is 8.37. The van der Waals surface area contributed by atoms with E-state index in [1.54, 1.807) is 36.6 Å². The Kier molecular flexibility index (Phi) is 4.90. The molecule has 0 spiro atoms. The summed E-state index contributed by atoms with van der Waals surface area (Å²) in [5.41, 5.74) is 2.09. The number of nitriles is 1. The van der Waals surface area contributed by atoms with Crippen molar-refractivity contribution >= 4 is 34.3 Å². The molecule has 0 aliphatic heterocycles. The van der Waals surface area contributed by atoms with E-state index in [0.717, 1.165) is 16.7 Å². The highest BCUT2D eigenvalue weighted by Crippen LogP contribution is 2.32. The van der Waals surface area contributed by atoms with Gasteiger partial charge in [0, 0.05) is 17.0 Å². The molecule has 3 aromatic heterocycles. The highest BCUT2D eigenvalue weighted by Gasteiger charge is 2.18. The lowest BCUT2D eigenvalue weighted by Gasteiger charge is -2.08. The minimum Gasteiger partial charge on any atom is -0.469 e. The Morgan fingerprint density at radius 1 is 1.32 bits per heavy atom. The number of pyridine rings is 1. The monoisotopic (exact) mass is 407 g/mol. The largest absolute Gasteiger partial charge is 0.469 e. The molecule has 0 aliphatic carbocycles. The Morgan fingerprint density at radius 3 is 2.89 bits per heavy atom. The first-order chi connectivity index (χ1) is 13.6. The second kappa shape index (κ2) is 7.50. The third-order valence-electron chi connectivity index (χ3n) is 4.19. The Balaban J connectivity index is 1.78. The number of rotatable bonds is 5. The van der Waals surface area contributed by atoms with Crippen LogP contribution < -0.4 is 0 Å². The Bertz CT molecular complexity index is 1240. The van der Waals surface area contributed by atoms with E-state index < -0.39 is 0 Å². The fourth-order valence-corrected chi connectivity index (χ4v) is 3.92. The molecular weight excluding hydrogens is 394 g/mol. The van der Waals surface area contributed by atoms with Gasteiger partial charge in [-0.25, -0.2) is 4.98 Å². The predicted molar refractivity (Wildman–Crippen MR) is 108 cm³/mol. The van der Waals surface area contributed by atoms with Crippen molar-refractivity contribution < 1.29 is 4.42 Å². The zero-order valence-electron chi connectivity index (χ0n) is 14.9. The highest BCUT2D eigenvalue weighted by atomic mass is 35.5. The number of aryl methyl sites for hydroxylation is 1. The molecule has 4 aromatic rings. The van der Waals surface area contributed by atoms with Gasteiger partial charge in [0.05, 0.1) is 29.0 Å². The summed E-state index contributed by atoms with van der Waals surface area (Å²) in [5, 5.41) is 20.8. The van der Waals surface area contributed by atoms with Crippen molar-refractivity contribution in [1.82, 2.24) is 19.7 Å². The van der Waals surface area contributed by atoms with Crippen molar-refractivity contribution in [1.29, 1.82) is 5.26 Å². The number of nitrogens with zero attached hydrogens (tertiary/aromatic N) is 5. The first-order valence-corrected chi connectivity index (χ1v) is 9.57. The summed E-state index contributed by atoms with van der Waals surface area (Å²) in [5.74, 6) is 1.46. The van der Waals surface area contributed by atoms with Crippen LogP contribution in [-0.2, 0) is 6.54 Å². The predicted octanol–water partition coefficient (Wildman–Crippen LogP) is 5.26. The van der Waals surface area contributed by atoms with Gasteiger partial charge >= 0.3 is 0 Å². The van der Waals surface area contributed by atoms with Crippen molar-refractivity contribution in [2.75, 3.05) is 0 Å². The van der Waals surface area contributed by atoms with Gasteiger partial charge in [0.2, 0.25) is 0 Å². The summed E-state index contributed by atoms with van der Waals surface area (Å²) in [6, 6.07) is 11.1. The third-order valence-corrected chi connectivity index (χ3v) is 5.33. The van der Waals surface area contributed by atoms with Crippen LogP contribution in [0.25, 0.3) is 22.3 Å².